The number of thioether (sulfide) groups is 1. The van der Waals surface area contributed by atoms with Crippen molar-refractivity contribution in [3.63, 3.8) is 0 Å². The van der Waals surface area contributed by atoms with Crippen molar-refractivity contribution in [1.82, 2.24) is 10.9 Å². The normalized spacial score (nSPS) is 12.2. The molecule has 0 spiro atoms. The lowest BCUT2D eigenvalue weighted by Gasteiger charge is -2.12. The number of amides is 1. The second kappa shape index (κ2) is 10.1. The van der Waals surface area contributed by atoms with E-state index in [4.69, 9.17) is 17.0 Å². The van der Waals surface area contributed by atoms with Crippen LogP contribution in [0.3, 0.4) is 0 Å². The van der Waals surface area contributed by atoms with E-state index in [1.165, 1.54) is 46.2 Å². The van der Waals surface area contributed by atoms with Gasteiger partial charge in [-0.1, -0.05) is 29.8 Å². The summed E-state index contributed by atoms with van der Waals surface area (Å²) < 4.78 is 4.92. The molecule has 2 aromatic rings. The summed E-state index contributed by atoms with van der Waals surface area (Å²) in [4.78, 5) is 25.4. The molecule has 0 atom stereocenters. The summed E-state index contributed by atoms with van der Waals surface area (Å²) >= 11 is 8.29. The maximum atomic E-state index is 12.2. The fraction of sp³-hybridized carbons (Fsp3) is 0.350. The molecule has 0 bridgehead atoms. The first-order valence-corrected chi connectivity index (χ1v) is 11.6. The zero-order valence-corrected chi connectivity index (χ0v) is 18.7. The second-order valence-electron chi connectivity index (χ2n) is 6.66. The van der Waals surface area contributed by atoms with E-state index in [1.54, 1.807) is 0 Å². The van der Waals surface area contributed by atoms with Crippen molar-refractivity contribution >= 4 is 57.3 Å². The average Bonchev–Trinajstić information content (AvgIpc) is 3.28. The van der Waals surface area contributed by atoms with Gasteiger partial charge in [-0.2, -0.15) is 0 Å². The van der Waals surface area contributed by atoms with Gasteiger partial charge in [-0.3, -0.25) is 15.6 Å². The Morgan fingerprint density at radius 3 is 2.69 bits per heavy atom. The number of methoxy groups -OCH3 is 1. The van der Waals surface area contributed by atoms with E-state index in [2.05, 4.69) is 40.4 Å². The summed E-state index contributed by atoms with van der Waals surface area (Å²) in [6.07, 6.45) is 2.87. The van der Waals surface area contributed by atoms with E-state index < -0.39 is 0 Å². The molecule has 3 N–H and O–H groups in total. The Kier molecular flexibility index (Phi) is 7.51. The molecule has 154 valence electrons. The Morgan fingerprint density at radius 2 is 1.97 bits per heavy atom. The van der Waals surface area contributed by atoms with Gasteiger partial charge in [-0.05, 0) is 49.5 Å². The molecule has 0 saturated carbocycles. The standard InChI is InChI=1S/C20H23N3O3S3/c1-12-6-8-13(9-7-12)10-28-11-16(24)22-23-20(27)21-18-17(19(25)26-2)14-4-3-5-15(14)29-18/h6-9H,3-5,10-11H2,1-2H3,(H,22,24)(H2,21,23,27). The summed E-state index contributed by atoms with van der Waals surface area (Å²) in [5, 5.41) is 3.90. The fourth-order valence-electron chi connectivity index (χ4n) is 3.05. The highest BCUT2D eigenvalue weighted by Crippen LogP contribution is 2.39. The number of rotatable bonds is 6. The smallest absolute Gasteiger partial charge is 0.341 e. The number of thiocarbonyl (C=S) groups is 1. The molecule has 1 heterocycles. The van der Waals surface area contributed by atoms with E-state index in [-0.39, 0.29) is 17.0 Å². The van der Waals surface area contributed by atoms with E-state index in [0.29, 0.717) is 16.3 Å². The number of carbonyl (C=O) groups excluding carboxylic acids is 2. The van der Waals surface area contributed by atoms with Crippen LogP contribution < -0.4 is 16.2 Å². The summed E-state index contributed by atoms with van der Waals surface area (Å²) in [5.41, 5.74) is 9.27. The lowest BCUT2D eigenvalue weighted by molar-refractivity contribution is -0.119. The van der Waals surface area contributed by atoms with Crippen LogP contribution in [0.5, 0.6) is 0 Å². The van der Waals surface area contributed by atoms with Gasteiger partial charge in [0.2, 0.25) is 5.91 Å². The lowest BCUT2D eigenvalue weighted by Crippen LogP contribution is -2.44. The van der Waals surface area contributed by atoms with Crippen LogP contribution in [0.1, 0.15) is 38.3 Å². The first-order valence-electron chi connectivity index (χ1n) is 9.20. The van der Waals surface area contributed by atoms with Crippen molar-refractivity contribution in [2.24, 2.45) is 0 Å². The molecule has 0 fully saturated rings. The van der Waals surface area contributed by atoms with Crippen molar-refractivity contribution in [3.05, 3.63) is 51.4 Å². The topological polar surface area (TPSA) is 79.5 Å². The van der Waals surface area contributed by atoms with Gasteiger partial charge in [0.1, 0.15) is 5.00 Å². The van der Waals surface area contributed by atoms with Crippen LogP contribution in [0.25, 0.3) is 0 Å². The van der Waals surface area contributed by atoms with E-state index in [1.807, 2.05) is 6.92 Å². The highest BCUT2D eigenvalue weighted by atomic mass is 32.2. The number of esters is 1. The molecule has 1 amide bonds. The Balaban J connectivity index is 1.46. The molecular formula is C20H23N3O3S3. The average molecular weight is 450 g/mol. The summed E-state index contributed by atoms with van der Waals surface area (Å²) in [7, 11) is 1.37. The van der Waals surface area contributed by atoms with E-state index >= 15 is 0 Å². The SMILES string of the molecule is COC(=O)c1c(NC(=S)NNC(=O)CSCc2ccc(C)cc2)sc2c1CCC2. The molecule has 6 nitrogen and oxygen atoms in total. The monoisotopic (exact) mass is 449 g/mol. The minimum absolute atomic E-state index is 0.173. The number of anilines is 1. The van der Waals surface area contributed by atoms with E-state index in [9.17, 15) is 9.59 Å². The molecule has 0 aliphatic heterocycles. The Morgan fingerprint density at radius 1 is 1.21 bits per heavy atom. The van der Waals surface area contributed by atoms with Crippen molar-refractivity contribution in [1.29, 1.82) is 0 Å². The van der Waals surface area contributed by atoms with Gasteiger partial charge in [-0.15, -0.1) is 23.1 Å². The number of hydrazine groups is 1. The van der Waals surface area contributed by atoms with Crippen molar-refractivity contribution in [2.75, 3.05) is 18.2 Å². The maximum Gasteiger partial charge on any atom is 0.341 e. The molecule has 3 rings (SSSR count). The number of aryl methyl sites for hydroxylation is 2. The first-order chi connectivity index (χ1) is 14.0. The number of hydrogen-bond donors (Lipinski definition) is 3. The lowest BCUT2D eigenvalue weighted by atomic mass is 10.1. The van der Waals surface area contributed by atoms with Crippen molar-refractivity contribution in [2.45, 2.75) is 31.9 Å². The van der Waals surface area contributed by atoms with Gasteiger partial charge < -0.3 is 10.1 Å². The van der Waals surface area contributed by atoms with Crippen LogP contribution >= 0.6 is 35.3 Å². The highest BCUT2D eigenvalue weighted by Gasteiger charge is 2.27. The highest BCUT2D eigenvalue weighted by molar-refractivity contribution is 7.99. The minimum atomic E-state index is -0.369. The Bertz CT molecular complexity index is 910. The maximum absolute atomic E-state index is 12.2. The van der Waals surface area contributed by atoms with Gasteiger partial charge in [0.05, 0.1) is 18.4 Å². The third-order valence-electron chi connectivity index (χ3n) is 4.48. The number of thiophene rings is 1. The van der Waals surface area contributed by atoms with Crippen LogP contribution in [-0.2, 0) is 28.1 Å². The molecule has 1 aliphatic carbocycles. The summed E-state index contributed by atoms with van der Waals surface area (Å²) in [5.74, 6) is 0.531. The summed E-state index contributed by atoms with van der Waals surface area (Å²) in [6, 6.07) is 8.25. The minimum Gasteiger partial charge on any atom is -0.465 e. The van der Waals surface area contributed by atoms with Gasteiger partial charge >= 0.3 is 5.97 Å². The number of benzene rings is 1. The largest absolute Gasteiger partial charge is 0.465 e. The third kappa shape index (κ3) is 5.71. The molecule has 0 saturated heterocycles. The fourth-order valence-corrected chi connectivity index (χ4v) is 5.34. The Hall–Kier alpha value is -2.10. The predicted octanol–water partition coefficient (Wildman–Crippen LogP) is 3.58. The van der Waals surface area contributed by atoms with Crippen LogP contribution in [0.15, 0.2) is 24.3 Å². The number of carbonyl (C=O) groups is 2. The number of hydrogen-bond acceptors (Lipinski definition) is 6. The molecular weight excluding hydrogens is 426 g/mol. The molecule has 29 heavy (non-hydrogen) atoms. The zero-order chi connectivity index (χ0) is 20.8. The quantitative estimate of drug-likeness (QED) is 0.353. The van der Waals surface area contributed by atoms with Gasteiger partial charge in [-0.25, -0.2) is 4.79 Å². The van der Waals surface area contributed by atoms with Crippen LogP contribution in [0.4, 0.5) is 5.00 Å². The van der Waals surface area contributed by atoms with Gasteiger partial charge in [0.25, 0.3) is 0 Å². The Labute approximate surface area is 183 Å². The summed E-state index contributed by atoms with van der Waals surface area (Å²) in [6.45, 7) is 2.05. The van der Waals surface area contributed by atoms with Gasteiger partial charge in [0.15, 0.2) is 5.11 Å². The molecule has 9 heteroatoms. The number of ether oxygens (including phenoxy) is 1. The third-order valence-corrected chi connectivity index (χ3v) is 6.89. The van der Waals surface area contributed by atoms with Crippen LogP contribution in [-0.4, -0.2) is 29.9 Å². The van der Waals surface area contributed by atoms with Crippen LogP contribution in [0, 0.1) is 6.92 Å². The van der Waals surface area contributed by atoms with Crippen molar-refractivity contribution in [3.8, 4) is 0 Å². The van der Waals surface area contributed by atoms with Crippen LogP contribution in [0.2, 0.25) is 0 Å². The molecule has 1 aromatic heterocycles. The molecule has 0 radical (unpaired) electrons. The predicted molar refractivity (Wildman–Crippen MR) is 123 cm³/mol. The van der Waals surface area contributed by atoms with Gasteiger partial charge in [0, 0.05) is 10.6 Å². The molecule has 0 unspecified atom stereocenters. The molecule has 1 aromatic carbocycles. The van der Waals surface area contributed by atoms with Crippen molar-refractivity contribution < 1.29 is 14.3 Å². The van der Waals surface area contributed by atoms with E-state index in [0.717, 1.165) is 30.6 Å². The zero-order valence-electron chi connectivity index (χ0n) is 16.3. The number of nitrogens with one attached hydrogen (secondary N) is 3. The molecule has 1 aliphatic rings. The first kappa shape index (κ1) is 21.6. The second-order valence-corrected chi connectivity index (χ2v) is 9.16. The number of fused-ring (bicyclic) bond motifs is 1.